The minimum Gasteiger partial charge on any atom is -0.384 e. The summed E-state index contributed by atoms with van der Waals surface area (Å²) in [5, 5.41) is 16.8. The summed E-state index contributed by atoms with van der Waals surface area (Å²) in [5.74, 6) is 0.108. The molecule has 2 heterocycles. The summed E-state index contributed by atoms with van der Waals surface area (Å²) in [7, 11) is -3.02. The fourth-order valence-electron chi connectivity index (χ4n) is 1.59. The van der Waals surface area contributed by atoms with Gasteiger partial charge in [0.2, 0.25) is 0 Å². The first-order valence-electron chi connectivity index (χ1n) is 5.58. The molecule has 1 atom stereocenters. The van der Waals surface area contributed by atoms with E-state index in [4.69, 9.17) is 0 Å². The molecule has 0 saturated carbocycles. The maximum Gasteiger partial charge on any atom is 0.173 e. The average molecular weight is 288 g/mol. The van der Waals surface area contributed by atoms with Crippen molar-refractivity contribution >= 4 is 21.2 Å². The van der Waals surface area contributed by atoms with Crippen molar-refractivity contribution in [2.24, 2.45) is 0 Å². The van der Waals surface area contributed by atoms with Crippen LogP contribution in [0.3, 0.4) is 0 Å². The third-order valence-electron chi connectivity index (χ3n) is 2.62. The van der Waals surface area contributed by atoms with E-state index in [1.165, 1.54) is 16.7 Å². The Morgan fingerprint density at radius 2 is 2.33 bits per heavy atom. The lowest BCUT2D eigenvalue weighted by atomic mass is 10.1. The van der Waals surface area contributed by atoms with Crippen LogP contribution in [0, 0.1) is 0 Å². The van der Waals surface area contributed by atoms with Crippen LogP contribution in [0.25, 0.3) is 0 Å². The number of aliphatic hydroxyl groups is 1. The van der Waals surface area contributed by atoms with Crippen LogP contribution < -0.4 is 5.32 Å². The molecular formula is C11H16N2O3S2. The minimum absolute atomic E-state index is 0.108. The Morgan fingerprint density at radius 1 is 1.61 bits per heavy atom. The van der Waals surface area contributed by atoms with Crippen molar-refractivity contribution in [2.45, 2.75) is 32.0 Å². The molecule has 100 valence electrons. The van der Waals surface area contributed by atoms with E-state index in [1.807, 2.05) is 5.38 Å². The van der Waals surface area contributed by atoms with E-state index in [-0.39, 0.29) is 11.8 Å². The molecule has 1 aliphatic heterocycles. The van der Waals surface area contributed by atoms with E-state index in [0.717, 1.165) is 5.01 Å². The minimum atomic E-state index is -3.02. The first-order chi connectivity index (χ1) is 8.26. The molecule has 0 amide bonds. The normalized spacial score (nSPS) is 22.5. The summed E-state index contributed by atoms with van der Waals surface area (Å²) in [6, 6.07) is -0.149. The predicted octanol–water partition coefficient (Wildman–Crippen LogP) is 0.771. The third-order valence-corrected chi connectivity index (χ3v) is 4.87. The second kappa shape index (κ2) is 4.73. The van der Waals surface area contributed by atoms with Crippen molar-refractivity contribution in [3.63, 3.8) is 0 Å². The van der Waals surface area contributed by atoms with Gasteiger partial charge in [-0.3, -0.25) is 0 Å². The number of nitrogens with one attached hydrogen (secondary N) is 1. The standard InChI is InChI=1S/C11H16N2O3S2/c1-11(2,14)9-6-17-10(13-9)5-12-8-3-4-18(15,16)7-8/h3-4,6,8,12,14H,5,7H2,1-2H3. The van der Waals surface area contributed by atoms with Crippen LogP contribution in [0.15, 0.2) is 16.9 Å². The first-order valence-corrected chi connectivity index (χ1v) is 8.17. The second-order valence-corrected chi connectivity index (χ2v) is 7.70. The molecule has 0 bridgehead atoms. The quantitative estimate of drug-likeness (QED) is 0.855. The van der Waals surface area contributed by atoms with Gasteiger partial charge in [-0.2, -0.15) is 0 Å². The Kier molecular flexibility index (Phi) is 3.59. The van der Waals surface area contributed by atoms with Gasteiger partial charge in [0.1, 0.15) is 10.6 Å². The third kappa shape index (κ3) is 3.38. The van der Waals surface area contributed by atoms with Crippen LogP contribution in [-0.2, 0) is 22.0 Å². The zero-order chi connectivity index (χ0) is 13.4. The van der Waals surface area contributed by atoms with Crippen molar-refractivity contribution in [1.82, 2.24) is 10.3 Å². The highest BCUT2D eigenvalue weighted by Crippen LogP contribution is 2.21. The molecule has 1 aromatic rings. The largest absolute Gasteiger partial charge is 0.384 e. The van der Waals surface area contributed by atoms with Crippen molar-refractivity contribution < 1.29 is 13.5 Å². The highest BCUT2D eigenvalue weighted by atomic mass is 32.2. The van der Waals surface area contributed by atoms with Crippen LogP contribution in [0.4, 0.5) is 0 Å². The molecule has 0 spiro atoms. The summed E-state index contributed by atoms with van der Waals surface area (Å²) in [6.07, 6.45) is 1.65. The Hall–Kier alpha value is -0.760. The molecule has 1 unspecified atom stereocenters. The highest BCUT2D eigenvalue weighted by Gasteiger charge is 2.22. The van der Waals surface area contributed by atoms with Gasteiger partial charge in [0.25, 0.3) is 0 Å². The topological polar surface area (TPSA) is 79.3 Å². The number of sulfone groups is 1. The molecular weight excluding hydrogens is 272 g/mol. The van der Waals surface area contributed by atoms with Gasteiger partial charge in [-0.1, -0.05) is 6.08 Å². The Morgan fingerprint density at radius 3 is 2.83 bits per heavy atom. The van der Waals surface area contributed by atoms with Gasteiger partial charge in [0, 0.05) is 23.4 Å². The lowest BCUT2D eigenvalue weighted by Gasteiger charge is -2.13. The van der Waals surface area contributed by atoms with Crippen molar-refractivity contribution in [3.8, 4) is 0 Å². The van der Waals surface area contributed by atoms with E-state index in [9.17, 15) is 13.5 Å². The summed E-state index contributed by atoms with van der Waals surface area (Å²) in [4.78, 5) is 4.31. The van der Waals surface area contributed by atoms with Crippen LogP contribution in [0.2, 0.25) is 0 Å². The molecule has 2 N–H and O–H groups in total. The summed E-state index contributed by atoms with van der Waals surface area (Å²) in [5.41, 5.74) is -0.301. The van der Waals surface area contributed by atoms with Gasteiger partial charge >= 0.3 is 0 Å². The van der Waals surface area contributed by atoms with Gasteiger partial charge in [0.15, 0.2) is 9.84 Å². The molecule has 7 heteroatoms. The molecule has 1 aromatic heterocycles. The number of thiazole rings is 1. The molecule has 0 fully saturated rings. The number of hydrogen-bond donors (Lipinski definition) is 2. The van der Waals surface area contributed by atoms with Crippen LogP contribution in [-0.4, -0.2) is 30.3 Å². The average Bonchev–Trinajstić information content (AvgIpc) is 2.80. The molecule has 18 heavy (non-hydrogen) atoms. The molecule has 2 rings (SSSR count). The van der Waals surface area contributed by atoms with Crippen LogP contribution >= 0.6 is 11.3 Å². The van der Waals surface area contributed by atoms with Crippen LogP contribution in [0.1, 0.15) is 24.5 Å². The van der Waals surface area contributed by atoms with Crippen molar-refractivity contribution in [2.75, 3.05) is 5.75 Å². The molecule has 0 aliphatic carbocycles. The van der Waals surface area contributed by atoms with Gasteiger partial charge < -0.3 is 10.4 Å². The molecule has 0 radical (unpaired) electrons. The van der Waals surface area contributed by atoms with Gasteiger partial charge in [0.05, 0.1) is 11.4 Å². The lowest BCUT2D eigenvalue weighted by molar-refractivity contribution is 0.0743. The number of rotatable bonds is 4. The van der Waals surface area contributed by atoms with Crippen molar-refractivity contribution in [3.05, 3.63) is 27.6 Å². The number of nitrogens with zero attached hydrogens (tertiary/aromatic N) is 1. The zero-order valence-electron chi connectivity index (χ0n) is 10.3. The molecule has 5 nitrogen and oxygen atoms in total. The van der Waals surface area contributed by atoms with E-state index >= 15 is 0 Å². The Bertz CT molecular complexity index is 555. The van der Waals surface area contributed by atoms with E-state index in [0.29, 0.717) is 12.2 Å². The Balaban J connectivity index is 1.92. The SMILES string of the molecule is CC(C)(O)c1csc(CNC2C=CS(=O)(=O)C2)n1. The fraction of sp³-hybridized carbons (Fsp3) is 0.545. The highest BCUT2D eigenvalue weighted by molar-refractivity contribution is 7.94. The Labute approximate surface area is 110 Å². The van der Waals surface area contributed by atoms with Gasteiger partial charge in [-0.25, -0.2) is 13.4 Å². The number of aromatic nitrogens is 1. The van der Waals surface area contributed by atoms with Gasteiger partial charge in [-0.05, 0) is 13.8 Å². The van der Waals surface area contributed by atoms with Gasteiger partial charge in [-0.15, -0.1) is 11.3 Å². The van der Waals surface area contributed by atoms with Crippen molar-refractivity contribution in [1.29, 1.82) is 0 Å². The molecule has 1 aliphatic rings. The summed E-state index contributed by atoms with van der Waals surface area (Å²) in [6.45, 7) is 3.88. The smallest absolute Gasteiger partial charge is 0.173 e. The maximum absolute atomic E-state index is 11.2. The summed E-state index contributed by atoms with van der Waals surface area (Å²) >= 11 is 1.45. The monoisotopic (exact) mass is 288 g/mol. The zero-order valence-corrected chi connectivity index (χ0v) is 11.9. The fourth-order valence-corrected chi connectivity index (χ4v) is 3.77. The lowest BCUT2D eigenvalue weighted by Crippen LogP contribution is -2.29. The first kappa shape index (κ1) is 13.7. The second-order valence-electron chi connectivity index (χ2n) is 4.83. The molecule has 0 saturated heterocycles. The predicted molar refractivity (Wildman–Crippen MR) is 70.9 cm³/mol. The van der Waals surface area contributed by atoms with Crippen LogP contribution in [0.5, 0.6) is 0 Å². The summed E-state index contributed by atoms with van der Waals surface area (Å²) < 4.78 is 22.4. The maximum atomic E-state index is 11.2. The van der Waals surface area contributed by atoms with E-state index < -0.39 is 15.4 Å². The number of hydrogen-bond acceptors (Lipinski definition) is 6. The van der Waals surface area contributed by atoms with E-state index in [1.54, 1.807) is 19.9 Å². The molecule has 0 aromatic carbocycles. The van der Waals surface area contributed by atoms with E-state index in [2.05, 4.69) is 10.3 Å².